The standard InChI is InChI=1S/C8H7NS2/c1-6-2-10-3-7(6)8-4-11-5-9-8/h2-5H,1H3. The van der Waals surface area contributed by atoms with Crippen LogP contribution in [0, 0.1) is 6.92 Å². The highest BCUT2D eigenvalue weighted by Crippen LogP contribution is 2.25. The first-order valence-electron chi connectivity index (χ1n) is 3.29. The van der Waals surface area contributed by atoms with Crippen LogP contribution in [0.2, 0.25) is 0 Å². The van der Waals surface area contributed by atoms with Crippen LogP contribution in [0.5, 0.6) is 0 Å². The highest BCUT2D eigenvalue weighted by molar-refractivity contribution is 7.09. The second-order valence-corrected chi connectivity index (χ2v) is 3.80. The first-order chi connectivity index (χ1) is 5.38. The lowest BCUT2D eigenvalue weighted by Gasteiger charge is -1.90. The molecule has 0 N–H and O–H groups in total. The summed E-state index contributed by atoms with van der Waals surface area (Å²) in [6.07, 6.45) is 0. The van der Waals surface area contributed by atoms with Gasteiger partial charge in [-0.15, -0.1) is 11.3 Å². The van der Waals surface area contributed by atoms with Crippen LogP contribution in [-0.4, -0.2) is 4.98 Å². The van der Waals surface area contributed by atoms with E-state index in [0.29, 0.717) is 0 Å². The van der Waals surface area contributed by atoms with Gasteiger partial charge in [-0.1, -0.05) is 0 Å². The van der Waals surface area contributed by atoms with Crippen LogP contribution < -0.4 is 0 Å². The molecular formula is C8H7NS2. The summed E-state index contributed by atoms with van der Waals surface area (Å²) in [5.74, 6) is 0. The second kappa shape index (κ2) is 2.75. The Morgan fingerprint density at radius 2 is 2.09 bits per heavy atom. The van der Waals surface area contributed by atoms with Crippen LogP contribution in [0.15, 0.2) is 21.7 Å². The van der Waals surface area contributed by atoms with E-state index in [9.17, 15) is 0 Å². The van der Waals surface area contributed by atoms with Gasteiger partial charge in [-0.25, -0.2) is 4.98 Å². The third kappa shape index (κ3) is 1.21. The summed E-state index contributed by atoms with van der Waals surface area (Å²) in [6, 6.07) is 0. The molecule has 0 bridgehead atoms. The van der Waals surface area contributed by atoms with Gasteiger partial charge in [0.1, 0.15) is 0 Å². The van der Waals surface area contributed by atoms with Gasteiger partial charge in [0, 0.05) is 16.3 Å². The van der Waals surface area contributed by atoms with Gasteiger partial charge in [0.15, 0.2) is 0 Å². The van der Waals surface area contributed by atoms with Gasteiger partial charge >= 0.3 is 0 Å². The van der Waals surface area contributed by atoms with Gasteiger partial charge in [-0.05, 0) is 17.9 Å². The summed E-state index contributed by atoms with van der Waals surface area (Å²) in [5, 5.41) is 6.37. The average Bonchev–Trinajstić information content (AvgIpc) is 2.55. The lowest BCUT2D eigenvalue weighted by atomic mass is 10.2. The van der Waals surface area contributed by atoms with Crippen LogP contribution in [-0.2, 0) is 0 Å². The van der Waals surface area contributed by atoms with Gasteiger partial charge in [0.05, 0.1) is 11.2 Å². The maximum absolute atomic E-state index is 4.24. The van der Waals surface area contributed by atoms with Gasteiger partial charge in [0.2, 0.25) is 0 Å². The highest BCUT2D eigenvalue weighted by atomic mass is 32.1. The van der Waals surface area contributed by atoms with E-state index >= 15 is 0 Å². The molecule has 2 aromatic heterocycles. The molecule has 0 aliphatic carbocycles. The molecule has 0 fully saturated rings. The zero-order chi connectivity index (χ0) is 7.68. The van der Waals surface area contributed by atoms with E-state index < -0.39 is 0 Å². The zero-order valence-corrected chi connectivity index (χ0v) is 7.71. The number of nitrogens with zero attached hydrogens (tertiary/aromatic N) is 1. The molecule has 11 heavy (non-hydrogen) atoms. The summed E-state index contributed by atoms with van der Waals surface area (Å²) in [4.78, 5) is 4.24. The van der Waals surface area contributed by atoms with Crippen LogP contribution in [0.4, 0.5) is 0 Å². The smallest absolute Gasteiger partial charge is 0.0822 e. The molecule has 2 rings (SSSR count). The summed E-state index contributed by atoms with van der Waals surface area (Å²) < 4.78 is 0. The van der Waals surface area contributed by atoms with Crippen molar-refractivity contribution in [1.29, 1.82) is 0 Å². The van der Waals surface area contributed by atoms with E-state index in [1.807, 2.05) is 5.51 Å². The quantitative estimate of drug-likeness (QED) is 0.658. The van der Waals surface area contributed by atoms with Crippen LogP contribution in [0.25, 0.3) is 11.3 Å². The Bertz CT molecular complexity index is 335. The van der Waals surface area contributed by atoms with E-state index in [2.05, 4.69) is 28.0 Å². The van der Waals surface area contributed by atoms with E-state index in [4.69, 9.17) is 0 Å². The molecule has 0 aromatic carbocycles. The Labute approximate surface area is 73.4 Å². The van der Waals surface area contributed by atoms with Gasteiger partial charge in [-0.2, -0.15) is 11.3 Å². The van der Waals surface area contributed by atoms with Gasteiger partial charge in [0.25, 0.3) is 0 Å². The van der Waals surface area contributed by atoms with E-state index in [-0.39, 0.29) is 0 Å². The van der Waals surface area contributed by atoms with Crippen molar-refractivity contribution in [1.82, 2.24) is 4.98 Å². The molecule has 2 aromatic rings. The Balaban J connectivity index is 2.53. The largest absolute Gasteiger partial charge is 0.245 e. The maximum atomic E-state index is 4.24. The molecule has 1 nitrogen and oxygen atoms in total. The van der Waals surface area contributed by atoms with Crippen LogP contribution >= 0.6 is 22.7 Å². The fourth-order valence-electron chi connectivity index (χ4n) is 0.968. The van der Waals surface area contributed by atoms with Gasteiger partial charge in [-0.3, -0.25) is 0 Å². The molecule has 0 aliphatic heterocycles. The van der Waals surface area contributed by atoms with E-state index in [0.717, 1.165) is 5.69 Å². The topological polar surface area (TPSA) is 12.9 Å². The molecule has 0 aliphatic rings. The van der Waals surface area contributed by atoms with E-state index in [1.165, 1.54) is 11.1 Å². The number of hydrogen-bond acceptors (Lipinski definition) is 3. The van der Waals surface area contributed by atoms with E-state index in [1.54, 1.807) is 22.7 Å². The summed E-state index contributed by atoms with van der Waals surface area (Å²) in [6.45, 7) is 2.12. The molecule has 0 radical (unpaired) electrons. The molecule has 3 heteroatoms. The summed E-state index contributed by atoms with van der Waals surface area (Å²) in [7, 11) is 0. The molecule has 2 heterocycles. The number of aromatic nitrogens is 1. The average molecular weight is 181 g/mol. The normalized spacial score (nSPS) is 10.3. The fraction of sp³-hybridized carbons (Fsp3) is 0.125. The SMILES string of the molecule is Cc1cscc1-c1cscn1. The molecule has 0 saturated carbocycles. The molecule has 0 amide bonds. The van der Waals surface area contributed by atoms with Crippen molar-refractivity contribution in [2.75, 3.05) is 0 Å². The predicted molar refractivity (Wildman–Crippen MR) is 50.2 cm³/mol. The number of aryl methyl sites for hydroxylation is 1. The van der Waals surface area contributed by atoms with Crippen LogP contribution in [0.1, 0.15) is 5.56 Å². The lowest BCUT2D eigenvalue weighted by molar-refractivity contribution is 1.39. The zero-order valence-electron chi connectivity index (χ0n) is 6.07. The lowest BCUT2D eigenvalue weighted by Crippen LogP contribution is -1.74. The van der Waals surface area contributed by atoms with Crippen molar-refractivity contribution < 1.29 is 0 Å². The molecule has 0 spiro atoms. The third-order valence-corrected chi connectivity index (χ3v) is 3.01. The molecule has 0 saturated heterocycles. The molecule has 0 atom stereocenters. The molecule has 0 unspecified atom stereocenters. The minimum Gasteiger partial charge on any atom is -0.245 e. The van der Waals surface area contributed by atoms with Crippen molar-refractivity contribution >= 4 is 22.7 Å². The summed E-state index contributed by atoms with van der Waals surface area (Å²) >= 11 is 3.37. The van der Waals surface area contributed by atoms with Crippen molar-refractivity contribution in [3.05, 3.63) is 27.2 Å². The van der Waals surface area contributed by atoms with Crippen LogP contribution in [0.3, 0.4) is 0 Å². The van der Waals surface area contributed by atoms with Crippen molar-refractivity contribution in [3.8, 4) is 11.3 Å². The van der Waals surface area contributed by atoms with Crippen molar-refractivity contribution in [3.63, 3.8) is 0 Å². The Morgan fingerprint density at radius 1 is 1.18 bits per heavy atom. The molecule has 56 valence electrons. The number of rotatable bonds is 1. The first-order valence-corrected chi connectivity index (χ1v) is 5.18. The minimum absolute atomic E-state index is 1.11. The highest BCUT2D eigenvalue weighted by Gasteiger charge is 2.02. The van der Waals surface area contributed by atoms with Crippen molar-refractivity contribution in [2.45, 2.75) is 6.92 Å². The Kier molecular flexibility index (Phi) is 1.75. The van der Waals surface area contributed by atoms with Crippen molar-refractivity contribution in [2.24, 2.45) is 0 Å². The minimum atomic E-state index is 1.11. The number of thiophene rings is 1. The number of thiazole rings is 1. The van der Waals surface area contributed by atoms with Gasteiger partial charge < -0.3 is 0 Å². The third-order valence-electron chi connectivity index (χ3n) is 1.56. The summed E-state index contributed by atoms with van der Waals surface area (Å²) in [5.41, 5.74) is 5.57. The first kappa shape index (κ1) is 7.00. The predicted octanol–water partition coefficient (Wildman–Crippen LogP) is 3.18. The Hall–Kier alpha value is -0.670. The monoisotopic (exact) mass is 181 g/mol. The number of hydrogen-bond donors (Lipinski definition) is 0. The Morgan fingerprint density at radius 3 is 2.64 bits per heavy atom. The second-order valence-electron chi connectivity index (χ2n) is 2.34. The maximum Gasteiger partial charge on any atom is 0.0822 e. The fourth-order valence-corrected chi connectivity index (χ4v) is 2.36. The molecular weight excluding hydrogens is 174 g/mol.